The summed E-state index contributed by atoms with van der Waals surface area (Å²) in [5.41, 5.74) is 6.58. The van der Waals surface area contributed by atoms with Crippen molar-refractivity contribution in [1.82, 2.24) is 5.16 Å². The normalized spacial score (nSPS) is 10.3. The minimum Gasteiger partial charge on any atom is -0.494 e. The van der Waals surface area contributed by atoms with Gasteiger partial charge in [0.2, 0.25) is 0 Å². The Balaban J connectivity index is 2.02. The highest BCUT2D eigenvalue weighted by molar-refractivity contribution is 5.48. The van der Waals surface area contributed by atoms with Crippen LogP contribution in [0.5, 0.6) is 5.75 Å². The highest BCUT2D eigenvalue weighted by atomic mass is 16.5. The summed E-state index contributed by atoms with van der Waals surface area (Å²) in [6.07, 6.45) is 0. The van der Waals surface area contributed by atoms with E-state index in [9.17, 15) is 0 Å². The van der Waals surface area contributed by atoms with Crippen molar-refractivity contribution in [2.24, 2.45) is 0 Å². The van der Waals surface area contributed by atoms with E-state index in [0.717, 1.165) is 17.2 Å². The maximum absolute atomic E-state index is 5.51. The minimum atomic E-state index is 0.407. The SMILES string of the molecule is CCOc1ccc(N(C)Cc2cc(N)no2)cc1. The highest BCUT2D eigenvalue weighted by Crippen LogP contribution is 2.20. The van der Waals surface area contributed by atoms with E-state index in [-0.39, 0.29) is 0 Å². The van der Waals surface area contributed by atoms with E-state index < -0.39 is 0 Å². The Morgan fingerprint density at radius 1 is 1.33 bits per heavy atom. The molecule has 0 unspecified atom stereocenters. The van der Waals surface area contributed by atoms with Crippen molar-refractivity contribution >= 4 is 11.5 Å². The van der Waals surface area contributed by atoms with E-state index in [1.807, 2.05) is 38.2 Å². The van der Waals surface area contributed by atoms with Gasteiger partial charge in [-0.05, 0) is 31.2 Å². The average molecular weight is 247 g/mol. The van der Waals surface area contributed by atoms with Crippen molar-refractivity contribution < 1.29 is 9.26 Å². The fraction of sp³-hybridized carbons (Fsp3) is 0.308. The number of rotatable bonds is 5. The molecular formula is C13H17N3O2. The molecule has 2 N–H and O–H groups in total. The topological polar surface area (TPSA) is 64.5 Å². The predicted octanol–water partition coefficient (Wildman–Crippen LogP) is 2.29. The van der Waals surface area contributed by atoms with Gasteiger partial charge < -0.3 is 19.9 Å². The second-order valence-corrected chi connectivity index (χ2v) is 4.00. The van der Waals surface area contributed by atoms with Crippen LogP contribution < -0.4 is 15.4 Å². The molecule has 0 bridgehead atoms. The van der Waals surface area contributed by atoms with E-state index in [1.165, 1.54) is 0 Å². The van der Waals surface area contributed by atoms with Crippen molar-refractivity contribution in [2.75, 3.05) is 24.3 Å². The lowest BCUT2D eigenvalue weighted by Gasteiger charge is -2.17. The molecule has 2 aromatic rings. The quantitative estimate of drug-likeness (QED) is 0.878. The first-order valence-corrected chi connectivity index (χ1v) is 5.84. The number of nitrogens with zero attached hydrogens (tertiary/aromatic N) is 2. The molecule has 2 rings (SSSR count). The number of hydrogen-bond donors (Lipinski definition) is 1. The third-order valence-corrected chi connectivity index (χ3v) is 2.56. The van der Waals surface area contributed by atoms with Crippen LogP contribution in [0.4, 0.5) is 11.5 Å². The van der Waals surface area contributed by atoms with E-state index >= 15 is 0 Å². The number of nitrogens with two attached hydrogens (primary N) is 1. The summed E-state index contributed by atoms with van der Waals surface area (Å²) >= 11 is 0. The maximum atomic E-state index is 5.51. The molecule has 5 heteroatoms. The van der Waals surface area contributed by atoms with Crippen LogP contribution in [0.2, 0.25) is 0 Å². The Hall–Kier alpha value is -2.17. The molecule has 0 radical (unpaired) electrons. The molecular weight excluding hydrogens is 230 g/mol. The largest absolute Gasteiger partial charge is 0.494 e. The molecule has 0 aliphatic rings. The summed E-state index contributed by atoms with van der Waals surface area (Å²) in [4.78, 5) is 2.05. The molecule has 0 amide bonds. The van der Waals surface area contributed by atoms with E-state index in [1.54, 1.807) is 6.07 Å². The third kappa shape index (κ3) is 2.94. The second kappa shape index (κ2) is 5.44. The lowest BCUT2D eigenvalue weighted by molar-refractivity contribution is 0.340. The summed E-state index contributed by atoms with van der Waals surface area (Å²) in [6, 6.07) is 9.63. The van der Waals surface area contributed by atoms with Crippen LogP contribution >= 0.6 is 0 Å². The van der Waals surface area contributed by atoms with Crippen LogP contribution in [0.25, 0.3) is 0 Å². The lowest BCUT2D eigenvalue weighted by Crippen LogP contribution is -2.15. The standard InChI is InChI=1S/C13H17N3O2/c1-3-17-11-6-4-10(5-7-11)16(2)9-12-8-13(14)15-18-12/h4-8H,3,9H2,1-2H3,(H2,14,15). The Kier molecular flexibility index (Phi) is 3.72. The first kappa shape index (κ1) is 12.3. The molecule has 0 saturated carbocycles. The molecule has 1 aromatic heterocycles. The first-order valence-electron chi connectivity index (χ1n) is 5.84. The van der Waals surface area contributed by atoms with Crippen molar-refractivity contribution in [3.8, 4) is 5.75 Å². The zero-order valence-corrected chi connectivity index (χ0v) is 10.6. The maximum Gasteiger partial charge on any atom is 0.167 e. The molecule has 1 aromatic carbocycles. The van der Waals surface area contributed by atoms with Gasteiger partial charge >= 0.3 is 0 Å². The van der Waals surface area contributed by atoms with Gasteiger partial charge in [0.15, 0.2) is 11.6 Å². The van der Waals surface area contributed by atoms with Crippen molar-refractivity contribution in [3.63, 3.8) is 0 Å². The number of aromatic nitrogens is 1. The molecule has 0 aliphatic heterocycles. The Bertz CT molecular complexity index is 493. The second-order valence-electron chi connectivity index (χ2n) is 4.00. The van der Waals surface area contributed by atoms with Crippen molar-refractivity contribution in [1.29, 1.82) is 0 Å². The molecule has 0 aliphatic carbocycles. The van der Waals surface area contributed by atoms with E-state index in [4.69, 9.17) is 15.0 Å². The van der Waals surface area contributed by atoms with Gasteiger partial charge in [-0.3, -0.25) is 0 Å². The predicted molar refractivity (Wildman–Crippen MR) is 70.6 cm³/mol. The molecule has 0 spiro atoms. The third-order valence-electron chi connectivity index (χ3n) is 2.56. The summed E-state index contributed by atoms with van der Waals surface area (Å²) in [5, 5.41) is 3.66. The van der Waals surface area contributed by atoms with Crippen LogP contribution in [-0.4, -0.2) is 18.8 Å². The monoisotopic (exact) mass is 247 g/mol. The van der Waals surface area contributed by atoms with E-state index in [0.29, 0.717) is 19.0 Å². The molecule has 0 atom stereocenters. The molecule has 96 valence electrons. The lowest BCUT2D eigenvalue weighted by atomic mass is 10.2. The van der Waals surface area contributed by atoms with Crippen molar-refractivity contribution in [3.05, 3.63) is 36.1 Å². The molecule has 5 nitrogen and oxygen atoms in total. The minimum absolute atomic E-state index is 0.407. The average Bonchev–Trinajstić information content (AvgIpc) is 2.76. The first-order chi connectivity index (χ1) is 8.69. The summed E-state index contributed by atoms with van der Waals surface area (Å²) in [7, 11) is 1.98. The summed E-state index contributed by atoms with van der Waals surface area (Å²) in [6.45, 7) is 3.26. The van der Waals surface area contributed by atoms with Crippen LogP contribution in [0.3, 0.4) is 0 Å². The molecule has 18 heavy (non-hydrogen) atoms. The van der Waals surface area contributed by atoms with Gasteiger partial charge in [-0.2, -0.15) is 0 Å². The van der Waals surface area contributed by atoms with E-state index in [2.05, 4.69) is 10.1 Å². The number of anilines is 2. The Morgan fingerprint density at radius 3 is 2.61 bits per heavy atom. The summed E-state index contributed by atoms with van der Waals surface area (Å²) < 4.78 is 10.5. The zero-order valence-electron chi connectivity index (χ0n) is 10.6. The van der Waals surface area contributed by atoms with Gasteiger partial charge in [0, 0.05) is 18.8 Å². The van der Waals surface area contributed by atoms with Gasteiger partial charge in [0.1, 0.15) is 5.75 Å². The van der Waals surface area contributed by atoms with Crippen LogP contribution in [0, 0.1) is 0 Å². The fourth-order valence-corrected chi connectivity index (χ4v) is 1.69. The Morgan fingerprint density at radius 2 is 2.06 bits per heavy atom. The number of ether oxygens (including phenoxy) is 1. The smallest absolute Gasteiger partial charge is 0.167 e. The van der Waals surface area contributed by atoms with Gasteiger partial charge in [-0.15, -0.1) is 0 Å². The summed E-state index contributed by atoms with van der Waals surface area (Å²) in [5.74, 6) is 2.02. The number of hydrogen-bond acceptors (Lipinski definition) is 5. The molecule has 1 heterocycles. The zero-order chi connectivity index (χ0) is 13.0. The van der Waals surface area contributed by atoms with Crippen LogP contribution in [0.15, 0.2) is 34.9 Å². The van der Waals surface area contributed by atoms with Gasteiger partial charge in [-0.25, -0.2) is 0 Å². The molecule has 0 saturated heterocycles. The van der Waals surface area contributed by atoms with Gasteiger partial charge in [0.05, 0.1) is 13.2 Å². The van der Waals surface area contributed by atoms with Crippen LogP contribution in [-0.2, 0) is 6.54 Å². The fourth-order valence-electron chi connectivity index (χ4n) is 1.69. The van der Waals surface area contributed by atoms with Gasteiger partial charge in [0.25, 0.3) is 0 Å². The Labute approximate surface area is 106 Å². The van der Waals surface area contributed by atoms with Gasteiger partial charge in [-0.1, -0.05) is 5.16 Å². The van der Waals surface area contributed by atoms with Crippen LogP contribution in [0.1, 0.15) is 12.7 Å². The highest BCUT2D eigenvalue weighted by Gasteiger charge is 2.06. The van der Waals surface area contributed by atoms with Crippen molar-refractivity contribution in [2.45, 2.75) is 13.5 Å². The number of nitrogen functional groups attached to an aromatic ring is 1. The molecule has 0 fully saturated rings. The number of benzene rings is 1.